The van der Waals surface area contributed by atoms with E-state index in [0.717, 1.165) is 17.2 Å². The highest BCUT2D eigenvalue weighted by Gasteiger charge is 2.30. The number of hydrogen-bond acceptors (Lipinski definition) is 7. The van der Waals surface area contributed by atoms with Crippen LogP contribution in [0, 0.1) is 12.7 Å². The van der Waals surface area contributed by atoms with Gasteiger partial charge in [0.1, 0.15) is 16.4 Å². The molecule has 1 fully saturated rings. The molecule has 1 aliphatic rings. The van der Waals surface area contributed by atoms with Crippen LogP contribution in [0.2, 0.25) is 0 Å². The van der Waals surface area contributed by atoms with E-state index in [4.69, 9.17) is 4.74 Å². The number of rotatable bonds is 8. The number of nitrogens with one attached hydrogen (secondary N) is 1. The number of esters is 1. The maximum Gasteiger partial charge on any atom is 0.341 e. The van der Waals surface area contributed by atoms with E-state index < -0.39 is 21.8 Å². The molecule has 1 N–H and O–H groups in total. The number of anilines is 1. The second-order valence-electron chi connectivity index (χ2n) is 8.63. The van der Waals surface area contributed by atoms with Crippen LogP contribution in [0.5, 0.6) is 0 Å². The summed E-state index contributed by atoms with van der Waals surface area (Å²) in [5.41, 5.74) is 2.94. The number of sulfonamides is 1. The number of aryl methyl sites for hydroxylation is 1. The third-order valence-electron chi connectivity index (χ3n) is 6.02. The first-order chi connectivity index (χ1) is 17.7. The third kappa shape index (κ3) is 6.24. The predicted molar refractivity (Wildman–Crippen MR) is 141 cm³/mol. The van der Waals surface area contributed by atoms with Crippen molar-refractivity contribution in [3.05, 3.63) is 70.9 Å². The largest absolute Gasteiger partial charge is 0.462 e. The summed E-state index contributed by atoms with van der Waals surface area (Å²) in [5, 5.41) is 5.07. The lowest BCUT2D eigenvalue weighted by Crippen LogP contribution is -2.50. The van der Waals surface area contributed by atoms with E-state index in [0.29, 0.717) is 29.2 Å². The average Bonchev–Trinajstić information content (AvgIpc) is 3.28. The summed E-state index contributed by atoms with van der Waals surface area (Å²) in [6.45, 7) is 4.98. The maximum atomic E-state index is 13.5. The van der Waals surface area contributed by atoms with Gasteiger partial charge in [-0.15, -0.1) is 11.3 Å². The molecule has 3 aromatic rings. The van der Waals surface area contributed by atoms with E-state index in [9.17, 15) is 22.4 Å². The minimum absolute atomic E-state index is 0.0356. The van der Waals surface area contributed by atoms with Crippen molar-refractivity contribution >= 4 is 38.2 Å². The summed E-state index contributed by atoms with van der Waals surface area (Å²) in [6, 6.07) is 12.7. The molecule has 1 saturated heterocycles. The van der Waals surface area contributed by atoms with Crippen molar-refractivity contribution in [2.24, 2.45) is 0 Å². The molecule has 4 rings (SSSR count). The minimum atomic E-state index is -3.82. The van der Waals surface area contributed by atoms with E-state index in [1.807, 2.05) is 41.5 Å². The fraction of sp³-hybridized carbons (Fsp3) is 0.308. The smallest absolute Gasteiger partial charge is 0.341 e. The minimum Gasteiger partial charge on any atom is -0.462 e. The molecule has 11 heteroatoms. The van der Waals surface area contributed by atoms with Crippen LogP contribution in [0.15, 0.2) is 58.8 Å². The molecule has 2 heterocycles. The Morgan fingerprint density at radius 3 is 2.43 bits per heavy atom. The van der Waals surface area contributed by atoms with Gasteiger partial charge in [-0.2, -0.15) is 4.31 Å². The van der Waals surface area contributed by atoms with E-state index in [-0.39, 0.29) is 37.0 Å². The maximum absolute atomic E-state index is 13.5. The van der Waals surface area contributed by atoms with Crippen LogP contribution in [0.3, 0.4) is 0 Å². The van der Waals surface area contributed by atoms with Gasteiger partial charge in [0.2, 0.25) is 15.9 Å². The fourth-order valence-corrected chi connectivity index (χ4v) is 6.50. The van der Waals surface area contributed by atoms with Gasteiger partial charge >= 0.3 is 5.97 Å². The number of nitrogens with zero attached hydrogens (tertiary/aromatic N) is 2. The van der Waals surface area contributed by atoms with E-state index >= 15 is 0 Å². The predicted octanol–water partition coefficient (Wildman–Crippen LogP) is 3.98. The van der Waals surface area contributed by atoms with Crippen molar-refractivity contribution in [1.82, 2.24) is 9.21 Å². The van der Waals surface area contributed by atoms with Gasteiger partial charge in [0.25, 0.3) is 0 Å². The van der Waals surface area contributed by atoms with Gasteiger partial charge in [0, 0.05) is 37.1 Å². The molecule has 2 aromatic carbocycles. The van der Waals surface area contributed by atoms with Crippen molar-refractivity contribution in [3.63, 3.8) is 0 Å². The van der Waals surface area contributed by atoms with Gasteiger partial charge in [-0.3, -0.25) is 9.69 Å². The number of thiophene rings is 1. The number of ether oxygens (including phenoxy) is 1. The van der Waals surface area contributed by atoms with Gasteiger partial charge in [-0.1, -0.05) is 35.9 Å². The van der Waals surface area contributed by atoms with Crippen LogP contribution >= 0.6 is 11.3 Å². The molecule has 0 aliphatic carbocycles. The number of piperazine rings is 1. The first-order valence-electron chi connectivity index (χ1n) is 11.8. The van der Waals surface area contributed by atoms with Gasteiger partial charge < -0.3 is 10.1 Å². The lowest BCUT2D eigenvalue weighted by molar-refractivity contribution is -0.117. The van der Waals surface area contributed by atoms with Gasteiger partial charge in [0.05, 0.1) is 18.0 Å². The molecule has 196 valence electrons. The molecular formula is C26H28FN3O5S2. The number of benzene rings is 2. The Labute approximate surface area is 219 Å². The summed E-state index contributed by atoms with van der Waals surface area (Å²) in [7, 11) is -3.82. The Hall–Kier alpha value is -3.12. The normalized spacial score (nSPS) is 14.9. The first kappa shape index (κ1) is 26.9. The van der Waals surface area contributed by atoms with Crippen LogP contribution < -0.4 is 5.32 Å². The number of amides is 1. The molecule has 0 radical (unpaired) electrons. The second-order valence-corrected chi connectivity index (χ2v) is 11.4. The number of halogens is 1. The highest BCUT2D eigenvalue weighted by molar-refractivity contribution is 7.89. The van der Waals surface area contributed by atoms with Crippen molar-refractivity contribution in [1.29, 1.82) is 0 Å². The molecule has 0 spiro atoms. The highest BCUT2D eigenvalue weighted by atomic mass is 32.2. The molecule has 0 atom stereocenters. The van der Waals surface area contributed by atoms with E-state index in [1.165, 1.54) is 33.8 Å². The zero-order valence-electron chi connectivity index (χ0n) is 20.6. The van der Waals surface area contributed by atoms with Gasteiger partial charge in [-0.25, -0.2) is 17.6 Å². The van der Waals surface area contributed by atoms with Crippen molar-refractivity contribution < 1.29 is 27.1 Å². The fourth-order valence-electron chi connectivity index (χ4n) is 4.08. The lowest BCUT2D eigenvalue weighted by Gasteiger charge is -2.33. The number of carbonyl (C=O) groups excluding carboxylic acids is 2. The Morgan fingerprint density at radius 2 is 1.78 bits per heavy atom. The summed E-state index contributed by atoms with van der Waals surface area (Å²) >= 11 is 1.25. The lowest BCUT2D eigenvalue weighted by atomic mass is 10.0. The number of hydrogen-bond donors (Lipinski definition) is 1. The van der Waals surface area contributed by atoms with Gasteiger partial charge in [-0.05, 0) is 37.6 Å². The Balaban J connectivity index is 1.41. The molecule has 1 aromatic heterocycles. The molecule has 1 amide bonds. The highest BCUT2D eigenvalue weighted by Crippen LogP contribution is 2.36. The van der Waals surface area contributed by atoms with Crippen LogP contribution in [0.25, 0.3) is 11.1 Å². The molecule has 0 unspecified atom stereocenters. The summed E-state index contributed by atoms with van der Waals surface area (Å²) < 4.78 is 45.7. The Bertz CT molecular complexity index is 1380. The Morgan fingerprint density at radius 1 is 1.08 bits per heavy atom. The van der Waals surface area contributed by atoms with Crippen molar-refractivity contribution in [3.8, 4) is 11.1 Å². The molecular weight excluding hydrogens is 517 g/mol. The molecule has 37 heavy (non-hydrogen) atoms. The standard InChI is InChI=1S/C26H28FN3O5S2/c1-3-35-26(32)24-22(19-9-7-18(2)8-10-19)17-36-25(24)28-23(31)16-29-11-13-30(14-12-29)37(33,34)21-6-4-5-20(27)15-21/h4-10,15,17H,3,11-14,16H2,1-2H3,(H,28,31). The van der Waals surface area contributed by atoms with Crippen LogP contribution in [0.1, 0.15) is 22.8 Å². The topological polar surface area (TPSA) is 96.0 Å². The monoisotopic (exact) mass is 545 g/mol. The molecule has 8 nitrogen and oxygen atoms in total. The third-order valence-corrected chi connectivity index (χ3v) is 8.81. The summed E-state index contributed by atoms with van der Waals surface area (Å²) in [4.78, 5) is 27.4. The summed E-state index contributed by atoms with van der Waals surface area (Å²) in [6.07, 6.45) is 0. The van der Waals surface area contributed by atoms with E-state index in [2.05, 4.69) is 5.32 Å². The Kier molecular flexibility index (Phi) is 8.38. The molecule has 0 bridgehead atoms. The summed E-state index contributed by atoms with van der Waals surface area (Å²) in [5.74, 6) is -1.44. The first-order valence-corrected chi connectivity index (χ1v) is 14.1. The number of carbonyl (C=O) groups is 2. The average molecular weight is 546 g/mol. The second kappa shape index (κ2) is 11.5. The van der Waals surface area contributed by atoms with E-state index in [1.54, 1.807) is 6.92 Å². The quantitative estimate of drug-likeness (QED) is 0.430. The van der Waals surface area contributed by atoms with Crippen molar-refractivity contribution in [2.75, 3.05) is 44.6 Å². The van der Waals surface area contributed by atoms with Crippen LogP contribution in [-0.4, -0.2) is 68.8 Å². The molecule has 1 aliphatic heterocycles. The van der Waals surface area contributed by atoms with Crippen LogP contribution in [-0.2, 0) is 19.6 Å². The zero-order chi connectivity index (χ0) is 26.6. The zero-order valence-corrected chi connectivity index (χ0v) is 22.2. The molecule has 0 saturated carbocycles. The van der Waals surface area contributed by atoms with Crippen LogP contribution in [0.4, 0.5) is 9.39 Å². The van der Waals surface area contributed by atoms with Crippen molar-refractivity contribution in [2.45, 2.75) is 18.7 Å². The van der Waals surface area contributed by atoms with Gasteiger partial charge in [0.15, 0.2) is 0 Å². The SMILES string of the molecule is CCOC(=O)c1c(-c2ccc(C)cc2)csc1NC(=O)CN1CCN(S(=O)(=O)c2cccc(F)c2)CC1.